The highest BCUT2D eigenvalue weighted by Gasteiger charge is 2.45. The Morgan fingerprint density at radius 1 is 1.29 bits per heavy atom. The van der Waals surface area contributed by atoms with E-state index in [1.807, 2.05) is 0 Å². The fourth-order valence-electron chi connectivity index (χ4n) is 2.63. The van der Waals surface area contributed by atoms with Crippen LogP contribution in [0.3, 0.4) is 0 Å². The molecular weight excluding hydrogens is 200 g/mol. The average Bonchev–Trinajstić information content (AvgIpc) is 2.72. The summed E-state index contributed by atoms with van der Waals surface area (Å²) in [4.78, 5) is 2.29. The molecule has 0 aliphatic carbocycles. The minimum atomic E-state index is -2.83. The van der Waals surface area contributed by atoms with Gasteiger partial charge in [0.05, 0.1) is 11.5 Å². The summed E-state index contributed by atoms with van der Waals surface area (Å²) in [6.45, 7) is 2.52. The van der Waals surface area contributed by atoms with Gasteiger partial charge in [-0.25, -0.2) is 8.42 Å². The summed E-state index contributed by atoms with van der Waals surface area (Å²) in [5, 5.41) is 0. The van der Waals surface area contributed by atoms with Crippen LogP contribution in [-0.2, 0) is 9.84 Å². The Labute approximate surface area is 85.4 Å². The lowest BCUT2D eigenvalue weighted by Crippen LogP contribution is -2.53. The zero-order valence-corrected chi connectivity index (χ0v) is 9.22. The van der Waals surface area contributed by atoms with Crippen molar-refractivity contribution in [2.45, 2.75) is 24.8 Å². The number of nitrogens with two attached hydrogens (primary N) is 1. The predicted molar refractivity (Wildman–Crippen MR) is 55.9 cm³/mol. The molecule has 0 aromatic heterocycles. The first-order chi connectivity index (χ1) is 6.58. The lowest BCUT2D eigenvalue weighted by Gasteiger charge is -2.36. The van der Waals surface area contributed by atoms with Gasteiger partial charge < -0.3 is 5.73 Å². The van der Waals surface area contributed by atoms with Crippen LogP contribution < -0.4 is 5.73 Å². The molecule has 0 radical (unpaired) electrons. The summed E-state index contributed by atoms with van der Waals surface area (Å²) < 4.78 is 23.0. The molecule has 82 valence electrons. The van der Waals surface area contributed by atoms with Gasteiger partial charge in [0.25, 0.3) is 0 Å². The van der Waals surface area contributed by atoms with Crippen LogP contribution in [0.5, 0.6) is 0 Å². The molecule has 1 atom stereocenters. The Balaban J connectivity index is 2.18. The van der Waals surface area contributed by atoms with Crippen molar-refractivity contribution in [2.24, 2.45) is 5.73 Å². The van der Waals surface area contributed by atoms with Crippen LogP contribution in [0.25, 0.3) is 0 Å². The summed E-state index contributed by atoms with van der Waals surface area (Å²) in [5.74, 6) is 0.594. The lowest BCUT2D eigenvalue weighted by atomic mass is 9.97. The van der Waals surface area contributed by atoms with Crippen molar-refractivity contribution in [3.05, 3.63) is 0 Å². The molecular formula is C9H18N2O2S. The third-order valence-corrected chi connectivity index (χ3v) is 5.33. The summed E-state index contributed by atoms with van der Waals surface area (Å²) in [6.07, 6.45) is 3.09. The molecule has 2 N–H and O–H groups in total. The van der Waals surface area contributed by atoms with Gasteiger partial charge in [-0.15, -0.1) is 0 Å². The molecule has 0 bridgehead atoms. The zero-order chi connectivity index (χ0) is 10.2. The molecule has 5 heteroatoms. The van der Waals surface area contributed by atoms with Crippen LogP contribution in [-0.4, -0.2) is 50.0 Å². The van der Waals surface area contributed by atoms with E-state index in [1.165, 1.54) is 12.8 Å². The molecule has 0 amide bonds. The van der Waals surface area contributed by atoms with Crippen molar-refractivity contribution < 1.29 is 8.42 Å². The normalized spacial score (nSPS) is 37.8. The summed E-state index contributed by atoms with van der Waals surface area (Å²) in [5.41, 5.74) is 5.54. The van der Waals surface area contributed by atoms with E-state index in [0.29, 0.717) is 12.3 Å². The second-order valence-corrected chi connectivity index (χ2v) is 6.65. The van der Waals surface area contributed by atoms with Gasteiger partial charge in [0, 0.05) is 12.1 Å². The average molecular weight is 218 g/mol. The Kier molecular flexibility index (Phi) is 2.57. The Morgan fingerprint density at radius 3 is 2.36 bits per heavy atom. The van der Waals surface area contributed by atoms with E-state index in [0.717, 1.165) is 19.5 Å². The quantitative estimate of drug-likeness (QED) is 0.685. The topological polar surface area (TPSA) is 63.4 Å². The van der Waals surface area contributed by atoms with Crippen LogP contribution >= 0.6 is 0 Å². The zero-order valence-electron chi connectivity index (χ0n) is 8.41. The second kappa shape index (κ2) is 3.47. The van der Waals surface area contributed by atoms with Gasteiger partial charge in [-0.2, -0.15) is 0 Å². The van der Waals surface area contributed by atoms with Gasteiger partial charge in [0.2, 0.25) is 0 Å². The van der Waals surface area contributed by atoms with E-state index >= 15 is 0 Å². The molecule has 0 spiro atoms. The molecule has 1 unspecified atom stereocenters. The maximum atomic E-state index is 11.5. The van der Waals surface area contributed by atoms with E-state index in [-0.39, 0.29) is 11.3 Å². The molecule has 4 nitrogen and oxygen atoms in total. The van der Waals surface area contributed by atoms with Crippen molar-refractivity contribution in [1.82, 2.24) is 4.90 Å². The summed E-state index contributed by atoms with van der Waals surface area (Å²) >= 11 is 0. The molecule has 0 aromatic rings. The maximum absolute atomic E-state index is 11.5. The maximum Gasteiger partial charge on any atom is 0.152 e. The minimum Gasteiger partial charge on any atom is -0.329 e. The largest absolute Gasteiger partial charge is 0.329 e. The standard InChI is InChI=1S/C9H18N2O2S/c10-7-9(11-4-1-2-5-11)3-6-14(12,13)8-9/h1-8,10H2. The number of sulfone groups is 1. The van der Waals surface area contributed by atoms with Crippen LogP contribution in [0.2, 0.25) is 0 Å². The fraction of sp³-hybridized carbons (Fsp3) is 1.00. The summed E-state index contributed by atoms with van der Waals surface area (Å²) in [6, 6.07) is 0. The highest BCUT2D eigenvalue weighted by atomic mass is 32.2. The van der Waals surface area contributed by atoms with Crippen molar-refractivity contribution in [2.75, 3.05) is 31.1 Å². The minimum absolute atomic E-state index is 0.227. The molecule has 14 heavy (non-hydrogen) atoms. The third-order valence-electron chi connectivity index (χ3n) is 3.52. The predicted octanol–water partition coefficient (Wildman–Crippen LogP) is -0.402. The SMILES string of the molecule is NCC1(N2CCCC2)CCS(=O)(=O)C1. The van der Waals surface area contributed by atoms with Crippen molar-refractivity contribution in [3.63, 3.8) is 0 Å². The van der Waals surface area contributed by atoms with Crippen molar-refractivity contribution >= 4 is 9.84 Å². The summed E-state index contributed by atoms with van der Waals surface area (Å²) in [7, 11) is -2.83. The van der Waals surface area contributed by atoms with Gasteiger partial charge in [0.15, 0.2) is 9.84 Å². The molecule has 2 heterocycles. The number of rotatable bonds is 2. The van der Waals surface area contributed by atoms with Gasteiger partial charge >= 0.3 is 0 Å². The van der Waals surface area contributed by atoms with E-state index < -0.39 is 9.84 Å². The molecule has 2 saturated heterocycles. The van der Waals surface area contributed by atoms with Crippen molar-refractivity contribution in [1.29, 1.82) is 0 Å². The molecule has 2 aliphatic rings. The first-order valence-corrected chi connectivity index (χ1v) is 7.06. The number of hydrogen-bond donors (Lipinski definition) is 1. The lowest BCUT2D eigenvalue weighted by molar-refractivity contribution is 0.150. The second-order valence-electron chi connectivity index (χ2n) is 4.46. The molecule has 2 fully saturated rings. The van der Waals surface area contributed by atoms with Crippen LogP contribution in [0.4, 0.5) is 0 Å². The van der Waals surface area contributed by atoms with Gasteiger partial charge in [-0.1, -0.05) is 0 Å². The number of nitrogens with zero attached hydrogens (tertiary/aromatic N) is 1. The van der Waals surface area contributed by atoms with Gasteiger partial charge in [-0.3, -0.25) is 4.90 Å². The van der Waals surface area contributed by atoms with Crippen LogP contribution in [0.15, 0.2) is 0 Å². The molecule has 0 aromatic carbocycles. The van der Waals surface area contributed by atoms with Crippen molar-refractivity contribution in [3.8, 4) is 0 Å². The molecule has 0 saturated carbocycles. The van der Waals surface area contributed by atoms with Crippen LogP contribution in [0, 0.1) is 0 Å². The fourth-order valence-corrected chi connectivity index (χ4v) is 4.73. The Hall–Kier alpha value is -0.130. The van der Waals surface area contributed by atoms with E-state index in [1.54, 1.807) is 0 Å². The van der Waals surface area contributed by atoms with E-state index in [4.69, 9.17) is 5.73 Å². The third kappa shape index (κ3) is 1.68. The van der Waals surface area contributed by atoms with Crippen LogP contribution in [0.1, 0.15) is 19.3 Å². The number of likely N-dealkylation sites (tertiary alicyclic amines) is 1. The smallest absolute Gasteiger partial charge is 0.152 e. The highest BCUT2D eigenvalue weighted by molar-refractivity contribution is 7.91. The van der Waals surface area contributed by atoms with Gasteiger partial charge in [0.1, 0.15) is 0 Å². The van der Waals surface area contributed by atoms with E-state index in [2.05, 4.69) is 4.90 Å². The molecule has 2 rings (SSSR count). The van der Waals surface area contributed by atoms with Gasteiger partial charge in [-0.05, 0) is 32.4 Å². The monoisotopic (exact) mass is 218 g/mol. The highest BCUT2D eigenvalue weighted by Crippen LogP contribution is 2.31. The molecule has 2 aliphatic heterocycles. The first kappa shape index (κ1) is 10.4. The number of hydrogen-bond acceptors (Lipinski definition) is 4. The Bertz CT molecular complexity index is 309. The van der Waals surface area contributed by atoms with E-state index in [9.17, 15) is 8.42 Å². The first-order valence-electron chi connectivity index (χ1n) is 5.24. The Morgan fingerprint density at radius 2 is 1.93 bits per heavy atom.